The predicted molar refractivity (Wildman–Crippen MR) is 95.3 cm³/mol. The summed E-state index contributed by atoms with van der Waals surface area (Å²) >= 11 is 3.28. The predicted octanol–water partition coefficient (Wildman–Crippen LogP) is 3.74. The minimum absolute atomic E-state index is 0.176. The molecule has 1 aromatic heterocycles. The molecule has 2 aromatic carbocycles. The molecular formula is C17H12BrNO4S. The first-order valence-electron chi connectivity index (χ1n) is 6.91. The van der Waals surface area contributed by atoms with E-state index in [1.807, 2.05) is 0 Å². The summed E-state index contributed by atoms with van der Waals surface area (Å²) in [5, 5.41) is 9.46. The first kappa shape index (κ1) is 16.5. The Hall–Kier alpha value is -2.38. The number of nitrogens with zero attached hydrogens (tertiary/aromatic N) is 1. The third-order valence-electron chi connectivity index (χ3n) is 3.47. The minimum atomic E-state index is -3.73. The van der Waals surface area contributed by atoms with Crippen LogP contribution in [0.5, 0.6) is 0 Å². The molecule has 24 heavy (non-hydrogen) atoms. The van der Waals surface area contributed by atoms with Gasteiger partial charge in [-0.05, 0) is 48.0 Å². The van der Waals surface area contributed by atoms with Gasteiger partial charge in [0.05, 0.1) is 10.4 Å². The van der Waals surface area contributed by atoms with Crippen LogP contribution in [0.25, 0.3) is 17.0 Å². The van der Waals surface area contributed by atoms with E-state index in [-0.39, 0.29) is 4.90 Å². The number of carbonyl (C=O) groups is 1. The van der Waals surface area contributed by atoms with Crippen molar-refractivity contribution < 1.29 is 18.3 Å². The fourth-order valence-electron chi connectivity index (χ4n) is 2.32. The first-order valence-corrected chi connectivity index (χ1v) is 9.14. The zero-order valence-electron chi connectivity index (χ0n) is 12.3. The van der Waals surface area contributed by atoms with Crippen LogP contribution < -0.4 is 0 Å². The van der Waals surface area contributed by atoms with Crippen LogP contribution in [0.3, 0.4) is 0 Å². The molecule has 0 radical (unpaired) electrons. The highest BCUT2D eigenvalue weighted by atomic mass is 79.9. The molecule has 0 aliphatic carbocycles. The van der Waals surface area contributed by atoms with E-state index >= 15 is 0 Å². The third-order valence-corrected chi connectivity index (χ3v) is 5.70. The average molecular weight is 406 g/mol. The molecule has 0 atom stereocenters. The van der Waals surface area contributed by atoms with Gasteiger partial charge in [-0.15, -0.1) is 0 Å². The molecule has 122 valence electrons. The van der Waals surface area contributed by atoms with E-state index in [1.54, 1.807) is 36.4 Å². The van der Waals surface area contributed by atoms with Gasteiger partial charge in [0.2, 0.25) is 0 Å². The van der Waals surface area contributed by atoms with Gasteiger partial charge < -0.3 is 5.11 Å². The number of fused-ring (bicyclic) bond motifs is 1. The van der Waals surface area contributed by atoms with Gasteiger partial charge in [-0.25, -0.2) is 17.2 Å². The highest BCUT2D eigenvalue weighted by Crippen LogP contribution is 2.24. The van der Waals surface area contributed by atoms with E-state index in [9.17, 15) is 13.2 Å². The van der Waals surface area contributed by atoms with Crippen molar-refractivity contribution >= 4 is 48.9 Å². The monoisotopic (exact) mass is 405 g/mol. The zero-order chi connectivity index (χ0) is 17.3. The molecule has 0 saturated heterocycles. The van der Waals surface area contributed by atoms with Crippen LogP contribution >= 0.6 is 15.9 Å². The van der Waals surface area contributed by atoms with Crippen LogP contribution in [-0.4, -0.2) is 23.5 Å². The second-order valence-electron chi connectivity index (χ2n) is 5.06. The van der Waals surface area contributed by atoms with E-state index in [4.69, 9.17) is 5.11 Å². The Balaban J connectivity index is 2.13. The van der Waals surface area contributed by atoms with Gasteiger partial charge >= 0.3 is 5.97 Å². The molecule has 0 aliphatic rings. The smallest absolute Gasteiger partial charge is 0.328 e. The lowest BCUT2D eigenvalue weighted by molar-refractivity contribution is -0.131. The Morgan fingerprint density at radius 2 is 1.79 bits per heavy atom. The number of benzene rings is 2. The third kappa shape index (κ3) is 3.13. The summed E-state index contributed by atoms with van der Waals surface area (Å²) in [6, 6.07) is 13.2. The summed E-state index contributed by atoms with van der Waals surface area (Å²) in [7, 11) is -3.73. The van der Waals surface area contributed by atoms with Gasteiger partial charge in [-0.3, -0.25) is 0 Å². The Bertz CT molecular complexity index is 1050. The molecule has 0 fully saturated rings. The lowest BCUT2D eigenvalue weighted by atomic mass is 10.1. The molecule has 3 rings (SSSR count). The number of aliphatic carboxylic acids is 1. The molecule has 0 aliphatic heterocycles. The molecule has 7 heteroatoms. The van der Waals surface area contributed by atoms with Crippen molar-refractivity contribution in [3.05, 3.63) is 70.8 Å². The molecule has 0 saturated carbocycles. The number of carboxylic acid groups (broad SMARTS) is 1. The number of aromatic nitrogens is 1. The number of hydrogen-bond donors (Lipinski definition) is 1. The normalized spacial score (nSPS) is 12.0. The molecular weight excluding hydrogens is 394 g/mol. The van der Waals surface area contributed by atoms with E-state index in [0.717, 1.165) is 15.9 Å². The second kappa shape index (κ2) is 6.26. The molecule has 5 nitrogen and oxygen atoms in total. The molecule has 0 amide bonds. The van der Waals surface area contributed by atoms with E-state index in [1.165, 1.54) is 28.4 Å². The van der Waals surface area contributed by atoms with Crippen LogP contribution in [0.15, 0.2) is 70.2 Å². The first-order chi connectivity index (χ1) is 11.4. The average Bonchev–Trinajstić information content (AvgIpc) is 2.97. The van der Waals surface area contributed by atoms with Crippen LogP contribution in [0.4, 0.5) is 0 Å². The summed E-state index contributed by atoms with van der Waals surface area (Å²) in [6.07, 6.45) is 3.93. The van der Waals surface area contributed by atoms with Crippen molar-refractivity contribution in [2.24, 2.45) is 0 Å². The summed E-state index contributed by atoms with van der Waals surface area (Å²) in [4.78, 5) is 10.8. The lowest BCUT2D eigenvalue weighted by Crippen LogP contribution is -2.11. The van der Waals surface area contributed by atoms with E-state index < -0.39 is 16.0 Å². The number of rotatable bonds is 4. The maximum atomic E-state index is 12.8. The Morgan fingerprint density at radius 1 is 1.08 bits per heavy atom. The Kier molecular flexibility index (Phi) is 4.29. The van der Waals surface area contributed by atoms with Crippen molar-refractivity contribution in [2.45, 2.75) is 4.90 Å². The molecule has 1 N–H and O–H groups in total. The van der Waals surface area contributed by atoms with Gasteiger partial charge in [0.15, 0.2) is 0 Å². The summed E-state index contributed by atoms with van der Waals surface area (Å²) in [5.74, 6) is -1.06. The van der Waals surface area contributed by atoms with Crippen LogP contribution in [-0.2, 0) is 14.8 Å². The van der Waals surface area contributed by atoms with E-state index in [0.29, 0.717) is 11.1 Å². The standard InChI is InChI=1S/C17H12BrNO4S/c18-14-4-6-15(7-5-14)24(22,23)19-10-9-13-3-1-12(11-16(13)19)2-8-17(20)21/h1-11H,(H,20,21). The van der Waals surface area contributed by atoms with Gasteiger partial charge in [-0.2, -0.15) is 0 Å². The Morgan fingerprint density at radius 3 is 2.46 bits per heavy atom. The summed E-state index contributed by atoms with van der Waals surface area (Å²) in [5.41, 5.74) is 1.10. The van der Waals surface area contributed by atoms with E-state index in [2.05, 4.69) is 15.9 Å². The molecule has 1 heterocycles. The maximum Gasteiger partial charge on any atom is 0.328 e. The van der Waals surface area contributed by atoms with Crippen molar-refractivity contribution in [1.82, 2.24) is 3.97 Å². The highest BCUT2D eigenvalue weighted by Gasteiger charge is 2.18. The van der Waals surface area contributed by atoms with Crippen molar-refractivity contribution in [3.8, 4) is 0 Å². The topological polar surface area (TPSA) is 76.4 Å². The Labute approximate surface area is 147 Å². The number of carboxylic acids is 1. The van der Waals surface area contributed by atoms with Gasteiger partial charge in [0, 0.05) is 22.1 Å². The highest BCUT2D eigenvalue weighted by molar-refractivity contribution is 9.10. The van der Waals surface area contributed by atoms with Gasteiger partial charge in [0.1, 0.15) is 0 Å². The van der Waals surface area contributed by atoms with Gasteiger partial charge in [0.25, 0.3) is 10.0 Å². The van der Waals surface area contributed by atoms with Crippen LogP contribution in [0, 0.1) is 0 Å². The number of hydrogen-bond acceptors (Lipinski definition) is 3. The lowest BCUT2D eigenvalue weighted by Gasteiger charge is -2.08. The van der Waals surface area contributed by atoms with Gasteiger partial charge in [-0.1, -0.05) is 28.1 Å². The molecule has 3 aromatic rings. The van der Waals surface area contributed by atoms with Crippen molar-refractivity contribution in [1.29, 1.82) is 0 Å². The minimum Gasteiger partial charge on any atom is -0.478 e. The zero-order valence-corrected chi connectivity index (χ0v) is 14.7. The summed E-state index contributed by atoms with van der Waals surface area (Å²) < 4.78 is 27.7. The maximum absolute atomic E-state index is 12.8. The van der Waals surface area contributed by atoms with Crippen molar-refractivity contribution in [3.63, 3.8) is 0 Å². The largest absolute Gasteiger partial charge is 0.478 e. The fraction of sp³-hybridized carbons (Fsp3) is 0. The molecule has 0 spiro atoms. The van der Waals surface area contributed by atoms with Crippen molar-refractivity contribution in [2.75, 3.05) is 0 Å². The SMILES string of the molecule is O=C(O)C=Cc1ccc2ccn(S(=O)(=O)c3ccc(Br)cc3)c2c1. The fourth-order valence-corrected chi connectivity index (χ4v) is 3.93. The molecule has 0 unspecified atom stereocenters. The second-order valence-corrected chi connectivity index (χ2v) is 7.79. The van der Waals surface area contributed by atoms with Crippen LogP contribution in [0.1, 0.15) is 5.56 Å². The summed E-state index contributed by atoms with van der Waals surface area (Å²) in [6.45, 7) is 0. The van der Waals surface area contributed by atoms with Crippen LogP contribution in [0.2, 0.25) is 0 Å². The quantitative estimate of drug-likeness (QED) is 0.670. The molecule has 0 bridgehead atoms. The number of halogens is 1.